The molecule has 2 N–H and O–H groups in total. The van der Waals surface area contributed by atoms with Gasteiger partial charge in [0, 0.05) is 17.1 Å². The first-order chi connectivity index (χ1) is 13.7. The fourth-order valence-corrected chi connectivity index (χ4v) is 3.46. The van der Waals surface area contributed by atoms with Crippen LogP contribution in [0, 0.1) is 0 Å². The molecule has 0 spiro atoms. The summed E-state index contributed by atoms with van der Waals surface area (Å²) in [5.41, 5.74) is 2.15. The Hall–Kier alpha value is -3.39. The first-order valence-corrected chi connectivity index (χ1v) is 9.51. The van der Waals surface area contributed by atoms with Crippen LogP contribution < -0.4 is 20.1 Å². The third-order valence-electron chi connectivity index (χ3n) is 4.00. The van der Waals surface area contributed by atoms with Crippen LogP contribution in [0.2, 0.25) is 0 Å². The highest BCUT2D eigenvalue weighted by atomic mass is 32.1. The summed E-state index contributed by atoms with van der Waals surface area (Å²) in [4.78, 5) is 28.7. The second kappa shape index (κ2) is 8.10. The van der Waals surface area contributed by atoms with Gasteiger partial charge >= 0.3 is 0 Å². The lowest BCUT2D eigenvalue weighted by Crippen LogP contribution is -2.16. The number of amides is 2. The number of anilines is 2. The average Bonchev–Trinajstić information content (AvgIpc) is 3.31. The Morgan fingerprint density at radius 3 is 2.61 bits per heavy atom. The second-order valence-corrected chi connectivity index (χ2v) is 7.01. The zero-order valence-electron chi connectivity index (χ0n) is 14.8. The SMILES string of the molecule is O=C(Cc1csc(NC(=O)Cc2ccccc2)n1)Nc1ccc2c(c1)OCO2. The predicted molar refractivity (Wildman–Crippen MR) is 106 cm³/mol. The van der Waals surface area contributed by atoms with Crippen molar-refractivity contribution in [3.63, 3.8) is 0 Å². The minimum Gasteiger partial charge on any atom is -0.454 e. The quantitative estimate of drug-likeness (QED) is 0.669. The summed E-state index contributed by atoms with van der Waals surface area (Å²) in [7, 11) is 0. The highest BCUT2D eigenvalue weighted by molar-refractivity contribution is 7.13. The molecule has 28 heavy (non-hydrogen) atoms. The van der Waals surface area contributed by atoms with Gasteiger partial charge in [0.15, 0.2) is 16.6 Å². The highest BCUT2D eigenvalue weighted by Crippen LogP contribution is 2.34. The molecular formula is C20H17N3O4S. The molecule has 0 saturated heterocycles. The molecule has 0 radical (unpaired) electrons. The summed E-state index contributed by atoms with van der Waals surface area (Å²) in [6, 6.07) is 14.7. The van der Waals surface area contributed by atoms with Gasteiger partial charge in [0.2, 0.25) is 18.6 Å². The zero-order valence-corrected chi connectivity index (χ0v) is 15.6. The molecule has 1 aliphatic heterocycles. The Labute approximate surface area is 165 Å². The first kappa shape index (κ1) is 18.0. The molecule has 3 aromatic rings. The van der Waals surface area contributed by atoms with Crippen molar-refractivity contribution in [3.05, 3.63) is 65.2 Å². The topological polar surface area (TPSA) is 89.6 Å². The van der Waals surface area contributed by atoms with Gasteiger partial charge in [-0.3, -0.25) is 9.59 Å². The van der Waals surface area contributed by atoms with Gasteiger partial charge in [-0.05, 0) is 17.7 Å². The Morgan fingerprint density at radius 2 is 1.75 bits per heavy atom. The van der Waals surface area contributed by atoms with E-state index in [9.17, 15) is 9.59 Å². The van der Waals surface area contributed by atoms with Crippen LogP contribution in [0.3, 0.4) is 0 Å². The smallest absolute Gasteiger partial charge is 0.231 e. The number of rotatable bonds is 6. The minimum absolute atomic E-state index is 0.111. The van der Waals surface area contributed by atoms with E-state index in [1.165, 1.54) is 11.3 Å². The average molecular weight is 395 g/mol. The monoisotopic (exact) mass is 395 g/mol. The van der Waals surface area contributed by atoms with E-state index in [-0.39, 0.29) is 31.4 Å². The molecule has 1 aliphatic rings. The normalized spacial score (nSPS) is 11.9. The summed E-state index contributed by atoms with van der Waals surface area (Å²) in [5.74, 6) is 0.923. The molecule has 2 aromatic carbocycles. The Kier molecular flexibility index (Phi) is 5.20. The zero-order chi connectivity index (χ0) is 19.3. The van der Waals surface area contributed by atoms with E-state index in [1.807, 2.05) is 30.3 Å². The van der Waals surface area contributed by atoms with E-state index < -0.39 is 0 Å². The second-order valence-electron chi connectivity index (χ2n) is 6.15. The van der Waals surface area contributed by atoms with Crippen LogP contribution >= 0.6 is 11.3 Å². The summed E-state index contributed by atoms with van der Waals surface area (Å²) in [5, 5.41) is 7.81. The third-order valence-corrected chi connectivity index (χ3v) is 4.81. The minimum atomic E-state index is -0.202. The Bertz CT molecular complexity index is 1000. The molecule has 0 saturated carbocycles. The third kappa shape index (κ3) is 4.47. The molecule has 0 atom stereocenters. The first-order valence-electron chi connectivity index (χ1n) is 8.63. The van der Waals surface area contributed by atoms with Crippen molar-refractivity contribution in [3.8, 4) is 11.5 Å². The van der Waals surface area contributed by atoms with Crippen molar-refractivity contribution in [1.29, 1.82) is 0 Å². The number of aromatic nitrogens is 1. The maximum absolute atomic E-state index is 12.2. The van der Waals surface area contributed by atoms with Gasteiger partial charge in [0.25, 0.3) is 0 Å². The summed E-state index contributed by atoms with van der Waals surface area (Å²) >= 11 is 1.29. The number of nitrogens with zero attached hydrogens (tertiary/aromatic N) is 1. The molecule has 8 heteroatoms. The van der Waals surface area contributed by atoms with Crippen LogP contribution in [0.4, 0.5) is 10.8 Å². The van der Waals surface area contributed by atoms with E-state index >= 15 is 0 Å². The van der Waals surface area contributed by atoms with E-state index in [1.54, 1.807) is 23.6 Å². The molecule has 0 unspecified atom stereocenters. The fourth-order valence-electron chi connectivity index (χ4n) is 2.73. The molecular weight excluding hydrogens is 378 g/mol. The van der Waals surface area contributed by atoms with Crippen molar-refractivity contribution in [1.82, 2.24) is 4.98 Å². The number of thiazole rings is 1. The molecule has 142 valence electrons. The number of fused-ring (bicyclic) bond motifs is 1. The maximum Gasteiger partial charge on any atom is 0.231 e. The lowest BCUT2D eigenvalue weighted by molar-refractivity contribution is -0.116. The van der Waals surface area contributed by atoms with Gasteiger partial charge in [0.05, 0.1) is 18.5 Å². The predicted octanol–water partition coefficient (Wildman–Crippen LogP) is 3.23. The number of nitrogens with one attached hydrogen (secondary N) is 2. The Balaban J connectivity index is 1.30. The van der Waals surface area contributed by atoms with Crippen LogP contribution in [0.25, 0.3) is 0 Å². The van der Waals surface area contributed by atoms with Gasteiger partial charge in [-0.2, -0.15) is 0 Å². The van der Waals surface area contributed by atoms with E-state index in [0.717, 1.165) is 5.56 Å². The lowest BCUT2D eigenvalue weighted by atomic mass is 10.1. The van der Waals surface area contributed by atoms with Crippen molar-refractivity contribution in [2.45, 2.75) is 12.8 Å². The van der Waals surface area contributed by atoms with Crippen molar-refractivity contribution >= 4 is 34.0 Å². The van der Waals surface area contributed by atoms with Gasteiger partial charge < -0.3 is 20.1 Å². The molecule has 1 aromatic heterocycles. The molecule has 0 bridgehead atoms. The van der Waals surface area contributed by atoms with E-state index in [0.29, 0.717) is 28.0 Å². The van der Waals surface area contributed by atoms with Crippen molar-refractivity contribution in [2.24, 2.45) is 0 Å². The standard InChI is InChI=1S/C20H17N3O4S/c24-18(8-13-4-2-1-3-5-13)23-20-22-15(11-28-20)10-19(25)21-14-6-7-16-17(9-14)27-12-26-16/h1-7,9,11H,8,10,12H2,(H,21,25)(H,22,23,24). The molecule has 2 heterocycles. The van der Waals surface area contributed by atoms with Crippen LogP contribution in [0.15, 0.2) is 53.9 Å². The van der Waals surface area contributed by atoms with Gasteiger partial charge in [0.1, 0.15) is 0 Å². The molecule has 4 rings (SSSR count). The van der Waals surface area contributed by atoms with Crippen LogP contribution in [-0.2, 0) is 22.4 Å². The van der Waals surface area contributed by atoms with Crippen molar-refractivity contribution < 1.29 is 19.1 Å². The number of carbonyl (C=O) groups is 2. The molecule has 7 nitrogen and oxygen atoms in total. The van der Waals surface area contributed by atoms with Crippen LogP contribution in [0.1, 0.15) is 11.3 Å². The Morgan fingerprint density at radius 1 is 0.964 bits per heavy atom. The summed E-state index contributed by atoms with van der Waals surface area (Å²) < 4.78 is 10.5. The van der Waals surface area contributed by atoms with Crippen LogP contribution in [-0.4, -0.2) is 23.6 Å². The van der Waals surface area contributed by atoms with Gasteiger partial charge in [-0.25, -0.2) is 4.98 Å². The molecule has 0 aliphatic carbocycles. The van der Waals surface area contributed by atoms with Crippen LogP contribution in [0.5, 0.6) is 11.5 Å². The highest BCUT2D eigenvalue weighted by Gasteiger charge is 2.15. The fraction of sp³-hybridized carbons (Fsp3) is 0.150. The summed E-state index contributed by atoms with van der Waals surface area (Å²) in [6.07, 6.45) is 0.389. The van der Waals surface area contributed by atoms with E-state index in [2.05, 4.69) is 15.6 Å². The number of hydrogen-bond acceptors (Lipinski definition) is 6. The lowest BCUT2D eigenvalue weighted by Gasteiger charge is -2.05. The van der Waals surface area contributed by atoms with Gasteiger partial charge in [-0.1, -0.05) is 30.3 Å². The van der Waals surface area contributed by atoms with Crippen molar-refractivity contribution in [2.75, 3.05) is 17.4 Å². The molecule has 0 fully saturated rings. The molecule has 2 amide bonds. The largest absolute Gasteiger partial charge is 0.454 e. The number of carbonyl (C=O) groups excluding carboxylic acids is 2. The summed E-state index contributed by atoms with van der Waals surface area (Å²) in [6.45, 7) is 0.185. The number of ether oxygens (including phenoxy) is 2. The number of benzene rings is 2. The maximum atomic E-state index is 12.2. The number of hydrogen-bond donors (Lipinski definition) is 2. The van der Waals surface area contributed by atoms with E-state index in [4.69, 9.17) is 9.47 Å². The van der Waals surface area contributed by atoms with Gasteiger partial charge in [-0.15, -0.1) is 11.3 Å².